The summed E-state index contributed by atoms with van der Waals surface area (Å²) in [5.41, 5.74) is 28.1. The fourth-order valence-corrected chi connectivity index (χ4v) is 5.31. The third-order valence-electron chi connectivity index (χ3n) is 8.31. The second-order valence-corrected chi connectivity index (χ2v) is 12.2. The number of carboxylic acid groups (broad SMARTS) is 1. The molecule has 0 radical (unpaired) electrons. The van der Waals surface area contributed by atoms with E-state index in [-0.39, 0.29) is 41.9 Å². The Morgan fingerprint density at radius 2 is 1.12 bits per heavy atom. The van der Waals surface area contributed by atoms with E-state index in [4.69, 9.17) is 48.6 Å². The monoisotopic (exact) mass is 813 g/mol. The minimum Gasteiger partial charge on any atom is -0.553 e. The number of hydrogen-bond donors (Lipinski definition) is 6. The van der Waals surface area contributed by atoms with E-state index >= 15 is 0 Å². The van der Waals surface area contributed by atoms with Crippen LogP contribution in [0.25, 0.3) is 28.4 Å². The number of benzene rings is 2. The minimum absolute atomic E-state index is 0. The molecule has 0 bridgehead atoms. The summed E-state index contributed by atoms with van der Waals surface area (Å²) in [4.78, 5) is 51.2. The second-order valence-electron chi connectivity index (χ2n) is 12.2. The molecule has 4 aromatic heterocycles. The number of methoxy groups -OCH3 is 1. The number of nitrogen functional groups attached to an aromatic ring is 4. The van der Waals surface area contributed by atoms with Crippen molar-refractivity contribution in [2.75, 3.05) is 80.2 Å². The van der Waals surface area contributed by atoms with Gasteiger partial charge in [0, 0.05) is 37.6 Å². The maximum Gasteiger partial charge on any atom is 1.00 e. The number of likely N-dealkylation sites (N-methyl/N-ethyl adjacent to an activating group) is 2. The fraction of sp³-hybridized carbons (Fsp3) is 0.179. The Morgan fingerprint density at radius 1 is 0.683 bits per heavy atom. The fourth-order valence-electron chi connectivity index (χ4n) is 5.31. The number of esters is 1. The van der Waals surface area contributed by atoms with Crippen LogP contribution in [0.2, 0.25) is 0 Å². The number of pyridine rings is 2. The average molecular weight is 814 g/mol. The summed E-state index contributed by atoms with van der Waals surface area (Å²) in [6, 6.07) is 18.2. The zero-order chi connectivity index (χ0) is 42.9. The maximum atomic E-state index is 11.8. The number of aromatic carboxylic acids is 1. The number of rotatable bonds is 14. The number of hydrogen-bond acceptors (Lipinski definition) is 18. The minimum atomic E-state index is -1.22. The summed E-state index contributed by atoms with van der Waals surface area (Å²) in [5, 5.41) is 15.4. The molecule has 308 valence electrons. The first-order chi connectivity index (χ1) is 28.4. The van der Waals surface area contributed by atoms with Crippen molar-refractivity contribution in [1.29, 1.82) is 0 Å². The Bertz CT molecular complexity index is 2340. The Balaban J connectivity index is 0.000000303. The number of nitrogens with two attached hydrogens (primary N) is 4. The van der Waals surface area contributed by atoms with Gasteiger partial charge in [-0.3, -0.25) is 9.97 Å². The molecule has 0 spiro atoms. The standard InChI is InChI=1S/C20H22N6O3.C19H20N6O3.Li.H2NO/c1-26(17-6-7-23-11-15(17)21)8-9-29-14-5-3-4-13(10-14)16-12-24-19(22)18(25-16)20(27)28-2;1-25(16-5-6-22-10-14(16)20)7-8-28-13-4-2-3-12(9-13)15-11-23-18(21)17(24-15)19(26)27;;1-2/h3-7,10-12H,8-9,21H2,1-2H3,(H2,22,24);2-6,9-11H,7-8,20H2,1H3,(H2,21,23)(H,26,27);;1-2H/q;;+1;-1. The number of carbonyl (C=O) groups excluding carboxylic acids is 1. The SMILES string of the molecule is CN(CCOc1cccc(-c2cnc(N)c(C(=O)O)n2)c1)c1ccncc1N.COC(=O)c1nc(-c2cccc(OCCN(C)c3ccncc3N)c2)cnc1N.[Li+].[NH-]O. The molecule has 0 aliphatic carbocycles. The van der Waals surface area contributed by atoms with Crippen molar-refractivity contribution in [1.82, 2.24) is 29.9 Å². The van der Waals surface area contributed by atoms with Crippen LogP contribution in [0.1, 0.15) is 21.0 Å². The summed E-state index contributed by atoms with van der Waals surface area (Å²) in [6.07, 6.45) is 9.54. The van der Waals surface area contributed by atoms with Gasteiger partial charge >= 0.3 is 30.8 Å². The molecule has 0 aliphatic rings. The van der Waals surface area contributed by atoms with Crippen molar-refractivity contribution in [3.05, 3.63) is 115 Å². The van der Waals surface area contributed by atoms with Gasteiger partial charge in [-0.25, -0.2) is 29.5 Å². The molecule has 0 unspecified atom stereocenters. The molecule has 60 heavy (non-hydrogen) atoms. The number of carbonyl (C=O) groups is 2. The van der Waals surface area contributed by atoms with Crippen molar-refractivity contribution in [2.45, 2.75) is 0 Å². The van der Waals surface area contributed by atoms with Crippen molar-refractivity contribution in [3.8, 4) is 34.0 Å². The first kappa shape index (κ1) is 47.1. The van der Waals surface area contributed by atoms with E-state index in [1.807, 2.05) is 66.4 Å². The first-order valence-corrected chi connectivity index (χ1v) is 17.5. The molecule has 0 atom stereocenters. The summed E-state index contributed by atoms with van der Waals surface area (Å²) >= 11 is 0. The van der Waals surface area contributed by atoms with Crippen molar-refractivity contribution in [2.24, 2.45) is 0 Å². The van der Waals surface area contributed by atoms with E-state index in [1.54, 1.807) is 43.0 Å². The van der Waals surface area contributed by atoms with Crippen LogP contribution in [0.3, 0.4) is 0 Å². The van der Waals surface area contributed by atoms with E-state index in [0.717, 1.165) is 16.9 Å². The average Bonchev–Trinajstić information content (AvgIpc) is 3.25. The molecule has 2 aromatic carbocycles. The molecule has 6 rings (SSSR count). The van der Waals surface area contributed by atoms with Crippen LogP contribution in [0.15, 0.2) is 97.8 Å². The van der Waals surface area contributed by atoms with Crippen LogP contribution >= 0.6 is 0 Å². The van der Waals surface area contributed by atoms with Crippen LogP contribution in [0.5, 0.6) is 11.5 Å². The number of nitrogens with one attached hydrogen (secondary N) is 1. The molecule has 0 saturated carbocycles. The van der Waals surface area contributed by atoms with Gasteiger partial charge in [0.25, 0.3) is 0 Å². The Hall–Kier alpha value is -7.24. The van der Waals surface area contributed by atoms with Crippen LogP contribution in [0.4, 0.5) is 34.4 Å². The van der Waals surface area contributed by atoms with Gasteiger partial charge < -0.3 is 63.2 Å². The van der Waals surface area contributed by atoms with Crippen LogP contribution in [-0.4, -0.2) is 99.7 Å². The van der Waals surface area contributed by atoms with Gasteiger partial charge in [-0.05, 0) is 36.4 Å². The molecule has 0 amide bonds. The third-order valence-corrected chi connectivity index (χ3v) is 8.31. The predicted molar refractivity (Wildman–Crippen MR) is 223 cm³/mol. The topological polar surface area (TPSA) is 314 Å². The van der Waals surface area contributed by atoms with Crippen molar-refractivity contribution in [3.63, 3.8) is 0 Å². The Labute approximate surface area is 357 Å². The Morgan fingerprint density at radius 3 is 1.53 bits per heavy atom. The normalized spacial score (nSPS) is 10.0. The smallest absolute Gasteiger partial charge is 0.553 e. The van der Waals surface area contributed by atoms with Gasteiger partial charge in [0.15, 0.2) is 23.0 Å². The van der Waals surface area contributed by atoms with Crippen molar-refractivity contribution >= 4 is 46.3 Å². The number of anilines is 6. The van der Waals surface area contributed by atoms with Gasteiger partial charge in [-0.15, -0.1) is 0 Å². The Kier molecular flexibility index (Phi) is 18.3. The molecule has 11 N–H and O–H groups in total. The van der Waals surface area contributed by atoms with Gasteiger partial charge in [0.1, 0.15) is 24.7 Å². The quantitative estimate of drug-likeness (QED) is 0.0513. The van der Waals surface area contributed by atoms with E-state index in [2.05, 4.69) is 34.6 Å². The molecular formula is C39H44LiN13O7. The summed E-state index contributed by atoms with van der Waals surface area (Å²) in [7, 11) is 5.12. The molecule has 21 heteroatoms. The van der Waals surface area contributed by atoms with E-state index < -0.39 is 11.9 Å². The summed E-state index contributed by atoms with van der Waals surface area (Å²) in [6.45, 7) is 2.12. The first-order valence-electron chi connectivity index (χ1n) is 17.5. The third kappa shape index (κ3) is 12.9. The summed E-state index contributed by atoms with van der Waals surface area (Å²) in [5.74, 6) is 4.08. The molecule has 6 aromatic rings. The predicted octanol–water partition coefficient (Wildman–Crippen LogP) is 1.35. The molecule has 0 aliphatic heterocycles. The van der Waals surface area contributed by atoms with Crippen molar-refractivity contribution < 1.29 is 53.0 Å². The number of carboxylic acids is 1. The van der Waals surface area contributed by atoms with Crippen LogP contribution in [-0.2, 0) is 4.74 Å². The van der Waals surface area contributed by atoms with Gasteiger partial charge in [0.05, 0.1) is 79.1 Å². The zero-order valence-corrected chi connectivity index (χ0v) is 33.4. The van der Waals surface area contributed by atoms with E-state index in [0.29, 0.717) is 66.1 Å². The molecule has 4 heterocycles. The number of aromatic nitrogens is 6. The van der Waals surface area contributed by atoms with Gasteiger partial charge in [-0.2, -0.15) is 0 Å². The van der Waals surface area contributed by atoms with E-state index in [1.165, 1.54) is 19.5 Å². The molecule has 20 nitrogen and oxygen atoms in total. The molecular weight excluding hydrogens is 769 g/mol. The van der Waals surface area contributed by atoms with Gasteiger partial charge in [0.2, 0.25) is 0 Å². The maximum absolute atomic E-state index is 11.8. The van der Waals surface area contributed by atoms with E-state index in [9.17, 15) is 9.59 Å². The molecule has 0 fully saturated rings. The second kappa shape index (κ2) is 23.2. The van der Waals surface area contributed by atoms with Crippen LogP contribution < -0.4 is 61.1 Å². The molecule has 0 saturated heterocycles. The zero-order valence-electron chi connectivity index (χ0n) is 33.4. The number of ether oxygens (including phenoxy) is 3. The largest absolute Gasteiger partial charge is 1.00 e. The number of nitrogens with zero attached hydrogens (tertiary/aromatic N) is 8. The van der Waals surface area contributed by atoms with Gasteiger partial charge in [-0.1, -0.05) is 24.3 Å². The van der Waals surface area contributed by atoms with Crippen LogP contribution in [0, 0.1) is 0 Å². The summed E-state index contributed by atoms with van der Waals surface area (Å²) < 4.78 is 16.4.